The van der Waals surface area contributed by atoms with Crippen LogP contribution in [0.3, 0.4) is 0 Å². The minimum absolute atomic E-state index is 0.152. The molecule has 2 bridgehead atoms. The van der Waals surface area contributed by atoms with E-state index in [9.17, 15) is 15.0 Å². The summed E-state index contributed by atoms with van der Waals surface area (Å²) in [6, 6.07) is -0.322. The van der Waals surface area contributed by atoms with E-state index in [2.05, 4.69) is 0 Å². The van der Waals surface area contributed by atoms with Gasteiger partial charge in [0, 0.05) is 24.9 Å². The van der Waals surface area contributed by atoms with Crippen molar-refractivity contribution < 1.29 is 15.0 Å². The summed E-state index contributed by atoms with van der Waals surface area (Å²) in [6.45, 7) is 0. The second-order valence-corrected chi connectivity index (χ2v) is 3.73. The molecule has 4 atom stereocenters. The van der Waals surface area contributed by atoms with Crippen LogP contribution in [-0.4, -0.2) is 52.2 Å². The number of piperidine rings is 1. The molecule has 0 saturated carbocycles. The van der Waals surface area contributed by atoms with Gasteiger partial charge in [-0.15, -0.1) is 0 Å². The fourth-order valence-electron chi connectivity index (χ4n) is 2.26. The lowest BCUT2D eigenvalue weighted by Crippen LogP contribution is -2.43. The van der Waals surface area contributed by atoms with Crippen molar-refractivity contribution in [1.29, 1.82) is 0 Å². The van der Waals surface area contributed by atoms with E-state index in [-0.39, 0.29) is 17.9 Å². The van der Waals surface area contributed by atoms with Crippen LogP contribution in [0.15, 0.2) is 0 Å². The van der Waals surface area contributed by atoms with E-state index in [1.165, 1.54) is 0 Å². The van der Waals surface area contributed by atoms with E-state index in [4.69, 9.17) is 0 Å². The number of hydrogen-bond donors (Lipinski definition) is 2. The molecule has 2 unspecified atom stereocenters. The van der Waals surface area contributed by atoms with Crippen molar-refractivity contribution >= 4 is 5.78 Å². The minimum atomic E-state index is -0.744. The molecule has 2 rings (SSSR count). The molecule has 0 amide bonds. The van der Waals surface area contributed by atoms with Gasteiger partial charge < -0.3 is 10.2 Å². The molecular weight excluding hydrogens is 158 g/mol. The van der Waals surface area contributed by atoms with Gasteiger partial charge >= 0.3 is 0 Å². The van der Waals surface area contributed by atoms with Crippen LogP contribution in [0.5, 0.6) is 0 Å². The Morgan fingerprint density at radius 1 is 1.25 bits per heavy atom. The third-order valence-electron chi connectivity index (χ3n) is 3.06. The summed E-state index contributed by atoms with van der Waals surface area (Å²) in [5, 5.41) is 19.0. The Morgan fingerprint density at radius 2 is 1.67 bits per heavy atom. The minimum Gasteiger partial charge on any atom is -0.389 e. The zero-order chi connectivity index (χ0) is 8.88. The molecule has 2 fully saturated rings. The summed E-state index contributed by atoms with van der Waals surface area (Å²) in [4.78, 5) is 13.0. The van der Waals surface area contributed by atoms with Gasteiger partial charge in [-0.1, -0.05) is 0 Å². The monoisotopic (exact) mass is 171 g/mol. The summed E-state index contributed by atoms with van der Waals surface area (Å²) in [5.41, 5.74) is 0. The molecule has 0 aliphatic carbocycles. The van der Waals surface area contributed by atoms with Gasteiger partial charge in [-0.25, -0.2) is 0 Å². The number of nitrogens with zero attached hydrogens (tertiary/aromatic N) is 1. The third-order valence-corrected chi connectivity index (χ3v) is 3.06. The Labute approximate surface area is 70.8 Å². The molecule has 0 spiro atoms. The number of hydrogen-bond acceptors (Lipinski definition) is 4. The van der Waals surface area contributed by atoms with Gasteiger partial charge in [0.25, 0.3) is 0 Å². The molecule has 2 aliphatic rings. The van der Waals surface area contributed by atoms with E-state index in [0.29, 0.717) is 12.8 Å². The van der Waals surface area contributed by atoms with Crippen molar-refractivity contribution in [2.75, 3.05) is 7.05 Å². The zero-order valence-corrected chi connectivity index (χ0v) is 6.97. The SMILES string of the molecule is CN1C2CC(=O)CC1[C@H](O)[C@H]2O. The zero-order valence-electron chi connectivity index (χ0n) is 6.97. The largest absolute Gasteiger partial charge is 0.389 e. The summed E-state index contributed by atoms with van der Waals surface area (Å²) in [6.07, 6.45) is -0.728. The molecule has 0 aromatic carbocycles. The predicted octanol–water partition coefficient (Wildman–Crippen LogP) is -1.25. The standard InChI is InChI=1S/C8H13NO3/c1-9-5-2-4(10)3-6(9)8(12)7(5)11/h5-8,11-12H,2-3H2,1H3/t5?,6?,7-,8-/m0/s1. The lowest BCUT2D eigenvalue weighted by molar-refractivity contribution is -0.124. The fraction of sp³-hybridized carbons (Fsp3) is 0.875. The highest BCUT2D eigenvalue weighted by Gasteiger charge is 2.50. The molecule has 2 saturated heterocycles. The molecule has 2 heterocycles. The number of carbonyl (C=O) groups is 1. The van der Waals surface area contributed by atoms with Crippen molar-refractivity contribution in [1.82, 2.24) is 4.90 Å². The molecule has 2 aliphatic heterocycles. The van der Waals surface area contributed by atoms with Crippen molar-refractivity contribution in [2.24, 2.45) is 0 Å². The van der Waals surface area contributed by atoms with Crippen LogP contribution in [0.25, 0.3) is 0 Å². The van der Waals surface area contributed by atoms with Crippen LogP contribution in [0.2, 0.25) is 0 Å². The maximum absolute atomic E-state index is 11.1. The van der Waals surface area contributed by atoms with Crippen molar-refractivity contribution in [3.05, 3.63) is 0 Å². The number of Topliss-reactive ketones (excluding diaryl/α,β-unsaturated/α-hetero) is 1. The quantitative estimate of drug-likeness (QED) is 0.478. The molecule has 0 aromatic rings. The van der Waals surface area contributed by atoms with Crippen LogP contribution < -0.4 is 0 Å². The highest BCUT2D eigenvalue weighted by Crippen LogP contribution is 2.32. The van der Waals surface area contributed by atoms with Crippen LogP contribution in [0, 0.1) is 0 Å². The van der Waals surface area contributed by atoms with Crippen molar-refractivity contribution in [2.45, 2.75) is 37.1 Å². The van der Waals surface area contributed by atoms with Crippen LogP contribution in [0.4, 0.5) is 0 Å². The van der Waals surface area contributed by atoms with Gasteiger partial charge in [0.2, 0.25) is 0 Å². The molecular formula is C8H13NO3. The number of aliphatic hydroxyl groups is 2. The Balaban J connectivity index is 2.26. The Kier molecular flexibility index (Phi) is 1.71. The molecule has 2 N–H and O–H groups in total. The molecule has 0 aromatic heterocycles. The van der Waals surface area contributed by atoms with E-state index in [0.717, 1.165) is 0 Å². The van der Waals surface area contributed by atoms with Gasteiger partial charge in [-0.05, 0) is 7.05 Å². The first-order valence-corrected chi connectivity index (χ1v) is 4.21. The number of ketones is 1. The van der Waals surface area contributed by atoms with E-state index < -0.39 is 12.2 Å². The predicted molar refractivity (Wildman–Crippen MR) is 41.6 cm³/mol. The van der Waals surface area contributed by atoms with Crippen molar-refractivity contribution in [3.63, 3.8) is 0 Å². The molecule has 68 valence electrons. The number of fused-ring (bicyclic) bond motifs is 2. The maximum atomic E-state index is 11.1. The number of carbonyl (C=O) groups excluding carboxylic acids is 1. The topological polar surface area (TPSA) is 60.8 Å². The summed E-state index contributed by atoms with van der Waals surface area (Å²) < 4.78 is 0. The van der Waals surface area contributed by atoms with Crippen LogP contribution in [-0.2, 0) is 4.79 Å². The summed E-state index contributed by atoms with van der Waals surface area (Å²) >= 11 is 0. The molecule has 4 nitrogen and oxygen atoms in total. The molecule has 0 radical (unpaired) electrons. The number of rotatable bonds is 0. The van der Waals surface area contributed by atoms with Crippen LogP contribution in [0.1, 0.15) is 12.8 Å². The Morgan fingerprint density at radius 3 is 2.08 bits per heavy atom. The smallest absolute Gasteiger partial charge is 0.136 e. The van der Waals surface area contributed by atoms with Gasteiger partial charge in [-0.2, -0.15) is 0 Å². The first-order chi connectivity index (χ1) is 5.61. The highest BCUT2D eigenvalue weighted by molar-refractivity contribution is 5.81. The van der Waals surface area contributed by atoms with E-state index in [1.807, 2.05) is 11.9 Å². The van der Waals surface area contributed by atoms with Gasteiger partial charge in [0.1, 0.15) is 5.78 Å². The average Bonchev–Trinajstić information content (AvgIpc) is 2.21. The first-order valence-electron chi connectivity index (χ1n) is 4.21. The lowest BCUT2D eigenvalue weighted by atomic mass is 10.0. The Bertz CT molecular complexity index is 190. The Hall–Kier alpha value is -0.450. The van der Waals surface area contributed by atoms with Crippen molar-refractivity contribution in [3.8, 4) is 0 Å². The van der Waals surface area contributed by atoms with E-state index in [1.54, 1.807) is 0 Å². The van der Waals surface area contributed by atoms with Gasteiger partial charge in [0.15, 0.2) is 0 Å². The fourth-order valence-corrected chi connectivity index (χ4v) is 2.26. The number of likely N-dealkylation sites (N-methyl/N-ethyl adjacent to an activating group) is 1. The first kappa shape index (κ1) is 8.16. The number of aliphatic hydroxyl groups excluding tert-OH is 2. The summed E-state index contributed by atoms with van der Waals surface area (Å²) in [5.74, 6) is 0.152. The molecule has 4 heteroatoms. The molecule has 12 heavy (non-hydrogen) atoms. The third kappa shape index (κ3) is 0.920. The second-order valence-electron chi connectivity index (χ2n) is 3.73. The second kappa shape index (κ2) is 2.52. The van der Waals surface area contributed by atoms with Gasteiger partial charge in [-0.3, -0.25) is 9.69 Å². The normalized spacial score (nSPS) is 48.4. The average molecular weight is 171 g/mol. The van der Waals surface area contributed by atoms with Gasteiger partial charge in [0.05, 0.1) is 12.2 Å². The lowest BCUT2D eigenvalue weighted by Gasteiger charge is -2.29. The van der Waals surface area contributed by atoms with Crippen LogP contribution >= 0.6 is 0 Å². The highest BCUT2D eigenvalue weighted by atomic mass is 16.3. The summed E-state index contributed by atoms with van der Waals surface area (Å²) in [7, 11) is 1.85. The maximum Gasteiger partial charge on any atom is 0.136 e. The van der Waals surface area contributed by atoms with E-state index >= 15 is 0 Å².